The molecule has 0 heterocycles. The zero-order valence-corrected chi connectivity index (χ0v) is 9.12. The summed E-state index contributed by atoms with van der Waals surface area (Å²) in [6.07, 6.45) is 5.72. The Morgan fingerprint density at radius 2 is 2.14 bits per heavy atom. The van der Waals surface area contributed by atoms with Gasteiger partial charge in [0.05, 0.1) is 6.61 Å². The second-order valence-electron chi connectivity index (χ2n) is 3.42. The SMILES string of the molecule is C[CH]c1cccc(OCCCCC)c1. The average Bonchev–Trinajstić information content (AvgIpc) is 2.25. The van der Waals surface area contributed by atoms with Crippen LogP contribution in [0.25, 0.3) is 0 Å². The normalized spacial score (nSPS) is 10.1. The highest BCUT2D eigenvalue weighted by molar-refractivity contribution is 5.32. The summed E-state index contributed by atoms with van der Waals surface area (Å²) in [4.78, 5) is 0. The molecule has 0 aliphatic heterocycles. The van der Waals surface area contributed by atoms with Crippen molar-refractivity contribution >= 4 is 0 Å². The summed E-state index contributed by atoms with van der Waals surface area (Å²) in [5.74, 6) is 0.983. The molecule has 0 unspecified atom stereocenters. The highest BCUT2D eigenvalue weighted by Gasteiger charge is 1.94. The predicted molar refractivity (Wildman–Crippen MR) is 60.5 cm³/mol. The van der Waals surface area contributed by atoms with Crippen molar-refractivity contribution in [3.05, 3.63) is 36.2 Å². The van der Waals surface area contributed by atoms with E-state index in [2.05, 4.69) is 25.5 Å². The first-order chi connectivity index (χ1) is 6.86. The van der Waals surface area contributed by atoms with Crippen molar-refractivity contribution in [2.75, 3.05) is 6.61 Å². The van der Waals surface area contributed by atoms with Crippen LogP contribution in [-0.4, -0.2) is 6.61 Å². The third kappa shape index (κ3) is 3.82. The molecule has 1 radical (unpaired) electrons. The molecule has 0 spiro atoms. The molecule has 14 heavy (non-hydrogen) atoms. The van der Waals surface area contributed by atoms with Gasteiger partial charge in [0.1, 0.15) is 5.75 Å². The van der Waals surface area contributed by atoms with Crippen LogP contribution in [0.3, 0.4) is 0 Å². The van der Waals surface area contributed by atoms with Crippen LogP contribution in [0.15, 0.2) is 24.3 Å². The number of hydrogen-bond acceptors (Lipinski definition) is 1. The monoisotopic (exact) mass is 191 g/mol. The minimum absolute atomic E-state index is 0.834. The van der Waals surface area contributed by atoms with Crippen molar-refractivity contribution in [3.63, 3.8) is 0 Å². The molecule has 1 aromatic carbocycles. The third-order valence-corrected chi connectivity index (χ3v) is 2.21. The summed E-state index contributed by atoms with van der Waals surface area (Å²) in [6, 6.07) is 8.20. The first-order valence-electron chi connectivity index (χ1n) is 5.39. The number of hydrogen-bond donors (Lipinski definition) is 0. The largest absolute Gasteiger partial charge is 0.494 e. The van der Waals surface area contributed by atoms with Crippen LogP contribution in [0, 0.1) is 6.42 Å². The first kappa shape index (κ1) is 11.1. The maximum Gasteiger partial charge on any atom is 0.119 e. The highest BCUT2D eigenvalue weighted by Crippen LogP contribution is 2.14. The summed E-state index contributed by atoms with van der Waals surface area (Å²) in [5.41, 5.74) is 1.22. The maximum atomic E-state index is 5.63. The van der Waals surface area contributed by atoms with E-state index in [9.17, 15) is 0 Å². The van der Waals surface area contributed by atoms with E-state index in [-0.39, 0.29) is 0 Å². The molecule has 0 atom stereocenters. The smallest absolute Gasteiger partial charge is 0.119 e. The molecule has 1 rings (SSSR count). The molecule has 0 aromatic heterocycles. The number of ether oxygens (including phenoxy) is 1. The van der Waals surface area contributed by atoms with Crippen LogP contribution in [-0.2, 0) is 0 Å². The van der Waals surface area contributed by atoms with Gasteiger partial charge in [-0.05, 0) is 30.5 Å². The average molecular weight is 191 g/mol. The van der Waals surface area contributed by atoms with Gasteiger partial charge in [0.2, 0.25) is 0 Å². The molecule has 0 amide bonds. The Labute approximate surface area is 87.1 Å². The van der Waals surface area contributed by atoms with Gasteiger partial charge in [-0.25, -0.2) is 0 Å². The fraction of sp³-hybridized carbons (Fsp3) is 0.462. The Morgan fingerprint density at radius 3 is 2.86 bits per heavy atom. The van der Waals surface area contributed by atoms with E-state index in [0.29, 0.717) is 0 Å². The second kappa shape index (κ2) is 6.47. The van der Waals surface area contributed by atoms with E-state index >= 15 is 0 Å². The van der Waals surface area contributed by atoms with E-state index in [1.165, 1.54) is 18.4 Å². The minimum atomic E-state index is 0.834. The Balaban J connectivity index is 2.34. The lowest BCUT2D eigenvalue weighted by Crippen LogP contribution is -1.97. The second-order valence-corrected chi connectivity index (χ2v) is 3.42. The molecule has 1 heteroatoms. The Hall–Kier alpha value is -0.980. The van der Waals surface area contributed by atoms with Gasteiger partial charge in [-0.2, -0.15) is 0 Å². The molecule has 0 fully saturated rings. The van der Waals surface area contributed by atoms with Crippen molar-refractivity contribution in [1.82, 2.24) is 0 Å². The van der Waals surface area contributed by atoms with E-state index < -0.39 is 0 Å². The van der Waals surface area contributed by atoms with Gasteiger partial charge in [0.15, 0.2) is 0 Å². The summed E-state index contributed by atoms with van der Waals surface area (Å²) >= 11 is 0. The molecule has 1 aromatic rings. The van der Waals surface area contributed by atoms with Crippen molar-refractivity contribution in [2.24, 2.45) is 0 Å². The number of benzene rings is 1. The first-order valence-corrected chi connectivity index (χ1v) is 5.39. The molecule has 0 saturated carbocycles. The van der Waals surface area contributed by atoms with Gasteiger partial charge in [-0.15, -0.1) is 0 Å². The zero-order chi connectivity index (χ0) is 10.2. The lowest BCUT2D eigenvalue weighted by atomic mass is 10.2. The Morgan fingerprint density at radius 1 is 1.29 bits per heavy atom. The number of rotatable bonds is 6. The Kier molecular flexibility index (Phi) is 5.13. The topological polar surface area (TPSA) is 9.23 Å². The molecule has 1 nitrogen and oxygen atoms in total. The van der Waals surface area contributed by atoms with Crippen LogP contribution < -0.4 is 4.74 Å². The van der Waals surface area contributed by atoms with E-state index in [4.69, 9.17) is 4.74 Å². The zero-order valence-electron chi connectivity index (χ0n) is 9.12. The van der Waals surface area contributed by atoms with Gasteiger partial charge in [0.25, 0.3) is 0 Å². The number of unbranched alkanes of at least 4 members (excludes halogenated alkanes) is 2. The molecule has 0 aliphatic rings. The Bertz CT molecular complexity index is 255. The van der Waals surface area contributed by atoms with Crippen LogP contribution in [0.2, 0.25) is 0 Å². The molecule has 0 bridgehead atoms. The lowest BCUT2D eigenvalue weighted by molar-refractivity contribution is 0.306. The van der Waals surface area contributed by atoms with Gasteiger partial charge in [-0.1, -0.05) is 38.8 Å². The van der Waals surface area contributed by atoms with Crippen LogP contribution in [0.4, 0.5) is 0 Å². The van der Waals surface area contributed by atoms with Gasteiger partial charge >= 0.3 is 0 Å². The molecular weight excluding hydrogens is 172 g/mol. The van der Waals surface area contributed by atoms with Gasteiger partial charge in [0, 0.05) is 0 Å². The molecular formula is C13H19O. The van der Waals surface area contributed by atoms with Crippen LogP contribution >= 0.6 is 0 Å². The fourth-order valence-corrected chi connectivity index (χ4v) is 1.33. The summed E-state index contributed by atoms with van der Waals surface area (Å²) < 4.78 is 5.63. The van der Waals surface area contributed by atoms with Crippen molar-refractivity contribution in [1.29, 1.82) is 0 Å². The van der Waals surface area contributed by atoms with Crippen LogP contribution in [0.1, 0.15) is 38.7 Å². The molecule has 0 aliphatic carbocycles. The standard InChI is InChI=1S/C13H19O/c1-3-5-6-10-14-13-9-7-8-12(4-2)11-13/h4,7-9,11H,3,5-6,10H2,1-2H3. The minimum Gasteiger partial charge on any atom is -0.494 e. The molecule has 0 N–H and O–H groups in total. The summed E-state index contributed by atoms with van der Waals surface area (Å²) in [6.45, 7) is 5.07. The molecule has 77 valence electrons. The molecule has 0 saturated heterocycles. The highest BCUT2D eigenvalue weighted by atomic mass is 16.5. The van der Waals surface area contributed by atoms with E-state index in [1.807, 2.05) is 19.1 Å². The fourth-order valence-electron chi connectivity index (χ4n) is 1.33. The van der Waals surface area contributed by atoms with Crippen molar-refractivity contribution in [3.8, 4) is 5.75 Å². The van der Waals surface area contributed by atoms with E-state index in [0.717, 1.165) is 18.8 Å². The third-order valence-electron chi connectivity index (χ3n) is 2.21. The summed E-state index contributed by atoms with van der Waals surface area (Å²) in [7, 11) is 0. The van der Waals surface area contributed by atoms with E-state index in [1.54, 1.807) is 0 Å². The predicted octanol–water partition coefficient (Wildman–Crippen LogP) is 3.83. The summed E-state index contributed by atoms with van der Waals surface area (Å²) in [5, 5.41) is 0. The lowest BCUT2D eigenvalue weighted by Gasteiger charge is -2.06. The van der Waals surface area contributed by atoms with Crippen molar-refractivity contribution in [2.45, 2.75) is 33.1 Å². The van der Waals surface area contributed by atoms with Crippen molar-refractivity contribution < 1.29 is 4.74 Å². The quantitative estimate of drug-likeness (QED) is 0.621. The maximum absolute atomic E-state index is 5.63. The van der Waals surface area contributed by atoms with Gasteiger partial charge in [-0.3, -0.25) is 0 Å². The van der Waals surface area contributed by atoms with Gasteiger partial charge < -0.3 is 4.74 Å². The van der Waals surface area contributed by atoms with Crippen LogP contribution in [0.5, 0.6) is 5.75 Å².